The van der Waals surface area contributed by atoms with Gasteiger partial charge in [-0.1, -0.05) is 23.7 Å². The Kier molecular flexibility index (Phi) is 6.67. The SMILES string of the molecule is CO/N=C1\CCC2C3CC=C4C[C@@H](O[Si](C)(C)C)CC[C@]4(C)C3CC[C@]12CO[Si](C)(C)C. The molecule has 3 fully saturated rings. The number of rotatable bonds is 6. The van der Waals surface area contributed by atoms with Gasteiger partial charge in [0.05, 0.1) is 5.71 Å². The maximum Gasteiger partial charge on any atom is 0.184 e. The van der Waals surface area contributed by atoms with Crippen molar-refractivity contribution in [2.24, 2.45) is 33.7 Å². The van der Waals surface area contributed by atoms with E-state index in [0.29, 0.717) is 17.4 Å². The molecule has 0 aromatic heterocycles. The molecule has 6 atom stereocenters. The molecule has 0 heterocycles. The Labute approximate surface area is 198 Å². The minimum absolute atomic E-state index is 0.0946. The summed E-state index contributed by atoms with van der Waals surface area (Å²) in [4.78, 5) is 5.35. The van der Waals surface area contributed by atoms with E-state index in [1.165, 1.54) is 44.2 Å². The van der Waals surface area contributed by atoms with Gasteiger partial charge in [-0.3, -0.25) is 0 Å². The molecule has 0 saturated heterocycles. The van der Waals surface area contributed by atoms with Crippen LogP contribution in [0.3, 0.4) is 0 Å². The molecule has 0 aromatic rings. The molecule has 4 aliphatic carbocycles. The Hall–Kier alpha value is -0.436. The second-order valence-corrected chi connectivity index (χ2v) is 22.2. The largest absolute Gasteiger partial charge is 0.417 e. The van der Waals surface area contributed by atoms with Gasteiger partial charge >= 0.3 is 0 Å². The average Bonchev–Trinajstić information content (AvgIpc) is 3.04. The molecule has 0 aliphatic heterocycles. The molecular formula is C26H47NO3Si2. The Morgan fingerprint density at radius 1 is 1.00 bits per heavy atom. The van der Waals surface area contributed by atoms with Crippen LogP contribution in [-0.2, 0) is 13.7 Å². The van der Waals surface area contributed by atoms with Crippen LogP contribution in [0.1, 0.15) is 58.3 Å². The van der Waals surface area contributed by atoms with Gasteiger partial charge in [-0.05, 0) is 114 Å². The zero-order valence-electron chi connectivity index (χ0n) is 21.9. The number of hydrogen-bond acceptors (Lipinski definition) is 4. The minimum Gasteiger partial charge on any atom is -0.417 e. The molecular weight excluding hydrogens is 430 g/mol. The fourth-order valence-corrected chi connectivity index (χ4v) is 9.58. The van der Waals surface area contributed by atoms with Crippen LogP contribution in [0.25, 0.3) is 0 Å². The summed E-state index contributed by atoms with van der Waals surface area (Å²) < 4.78 is 13.2. The van der Waals surface area contributed by atoms with Gasteiger partial charge in [0, 0.05) is 18.1 Å². The lowest BCUT2D eigenvalue weighted by atomic mass is 9.48. The Morgan fingerprint density at radius 2 is 1.75 bits per heavy atom. The van der Waals surface area contributed by atoms with Crippen molar-refractivity contribution in [1.82, 2.24) is 0 Å². The second kappa shape index (κ2) is 8.65. The van der Waals surface area contributed by atoms with Crippen LogP contribution >= 0.6 is 0 Å². The third-order valence-electron chi connectivity index (χ3n) is 9.02. The molecule has 0 amide bonds. The molecule has 3 saturated carbocycles. The van der Waals surface area contributed by atoms with Gasteiger partial charge in [0.15, 0.2) is 16.6 Å². The minimum atomic E-state index is -1.59. The van der Waals surface area contributed by atoms with E-state index >= 15 is 0 Å². The number of hydrogen-bond donors (Lipinski definition) is 0. The smallest absolute Gasteiger partial charge is 0.184 e. The van der Waals surface area contributed by atoms with E-state index in [4.69, 9.17) is 13.7 Å². The monoisotopic (exact) mass is 477 g/mol. The first-order chi connectivity index (χ1) is 14.9. The third kappa shape index (κ3) is 4.58. The highest BCUT2D eigenvalue weighted by atomic mass is 28.4. The van der Waals surface area contributed by atoms with Gasteiger partial charge in [0.25, 0.3) is 0 Å². The van der Waals surface area contributed by atoms with Crippen molar-refractivity contribution in [1.29, 1.82) is 0 Å². The Balaban J connectivity index is 1.59. The highest BCUT2D eigenvalue weighted by molar-refractivity contribution is 6.70. The van der Waals surface area contributed by atoms with Gasteiger partial charge < -0.3 is 13.7 Å². The van der Waals surface area contributed by atoms with E-state index < -0.39 is 16.6 Å². The average molecular weight is 478 g/mol. The first kappa shape index (κ1) is 24.7. The van der Waals surface area contributed by atoms with Crippen molar-refractivity contribution in [3.63, 3.8) is 0 Å². The van der Waals surface area contributed by atoms with Crippen LogP contribution in [0.5, 0.6) is 0 Å². The van der Waals surface area contributed by atoms with Crippen molar-refractivity contribution >= 4 is 22.3 Å². The van der Waals surface area contributed by atoms with E-state index in [-0.39, 0.29) is 5.41 Å². The summed E-state index contributed by atoms with van der Waals surface area (Å²) in [5.41, 5.74) is 3.45. The molecule has 3 unspecified atom stereocenters. The molecule has 0 bridgehead atoms. The van der Waals surface area contributed by atoms with Gasteiger partial charge in [-0.25, -0.2) is 0 Å². The van der Waals surface area contributed by atoms with Crippen molar-refractivity contribution < 1.29 is 13.7 Å². The maximum atomic E-state index is 6.60. The van der Waals surface area contributed by atoms with E-state index in [1.807, 2.05) is 0 Å². The lowest BCUT2D eigenvalue weighted by Crippen LogP contribution is -2.54. The first-order valence-electron chi connectivity index (χ1n) is 13.0. The topological polar surface area (TPSA) is 40.0 Å². The van der Waals surface area contributed by atoms with Gasteiger partial charge in [-0.15, -0.1) is 0 Å². The maximum absolute atomic E-state index is 6.60. The van der Waals surface area contributed by atoms with Crippen molar-refractivity contribution in [3.8, 4) is 0 Å². The predicted octanol–water partition coefficient (Wildman–Crippen LogP) is 7.00. The number of oxime groups is 1. The normalized spacial score (nSPS) is 41.0. The summed E-state index contributed by atoms with van der Waals surface area (Å²) in [6, 6.07) is 0. The molecule has 32 heavy (non-hydrogen) atoms. The van der Waals surface area contributed by atoms with Crippen LogP contribution in [0.2, 0.25) is 39.3 Å². The van der Waals surface area contributed by atoms with Gasteiger partial charge in [0.2, 0.25) is 0 Å². The summed E-state index contributed by atoms with van der Waals surface area (Å²) in [6.45, 7) is 17.3. The molecule has 4 nitrogen and oxygen atoms in total. The van der Waals surface area contributed by atoms with Gasteiger partial charge in [0.1, 0.15) is 7.11 Å². The third-order valence-corrected chi connectivity index (χ3v) is 11.1. The molecule has 4 rings (SSSR count). The van der Waals surface area contributed by atoms with Crippen LogP contribution < -0.4 is 0 Å². The fourth-order valence-electron chi connectivity index (χ4n) is 7.69. The van der Waals surface area contributed by atoms with Gasteiger partial charge in [-0.2, -0.15) is 0 Å². The highest BCUT2D eigenvalue weighted by Gasteiger charge is 2.60. The molecule has 4 aliphatic rings. The van der Waals surface area contributed by atoms with Crippen molar-refractivity contribution in [3.05, 3.63) is 11.6 Å². The Morgan fingerprint density at radius 3 is 2.41 bits per heavy atom. The molecule has 0 aromatic carbocycles. The number of fused-ring (bicyclic) bond motifs is 5. The summed E-state index contributed by atoms with van der Waals surface area (Å²) in [5, 5.41) is 4.59. The zero-order chi connectivity index (χ0) is 23.4. The molecule has 182 valence electrons. The van der Waals surface area contributed by atoms with Crippen LogP contribution in [0.15, 0.2) is 16.8 Å². The summed E-state index contributed by atoms with van der Waals surface area (Å²) >= 11 is 0. The first-order valence-corrected chi connectivity index (χ1v) is 19.8. The fraction of sp³-hybridized carbons (Fsp3) is 0.885. The van der Waals surface area contributed by atoms with Crippen LogP contribution in [0.4, 0.5) is 0 Å². The zero-order valence-corrected chi connectivity index (χ0v) is 23.9. The summed E-state index contributed by atoms with van der Waals surface area (Å²) in [6.07, 6.45) is 12.8. The molecule has 0 spiro atoms. The van der Waals surface area contributed by atoms with Crippen LogP contribution in [0, 0.1) is 28.6 Å². The van der Waals surface area contributed by atoms with Crippen LogP contribution in [-0.4, -0.2) is 42.2 Å². The number of allylic oxidation sites excluding steroid dienone is 1. The van der Waals surface area contributed by atoms with E-state index in [1.54, 1.807) is 12.7 Å². The standard InChI is InChI=1S/C26H47NO3Si2/c1-25-15-13-20(30-32(6,7)8)17-19(25)9-10-21-22(25)14-16-26(18-29-31(3,4)5)23(21)11-12-24(26)27-28-2/h9,20-23H,10-18H2,1-8H3/b27-24+/t20-,21?,22?,23?,25-,26+/m0/s1. The van der Waals surface area contributed by atoms with E-state index in [9.17, 15) is 0 Å². The highest BCUT2D eigenvalue weighted by Crippen LogP contribution is 2.64. The van der Waals surface area contributed by atoms with E-state index in [0.717, 1.165) is 31.3 Å². The second-order valence-electron chi connectivity index (χ2n) is 13.2. The van der Waals surface area contributed by atoms with Crippen molar-refractivity contribution in [2.75, 3.05) is 13.7 Å². The lowest BCUT2D eigenvalue weighted by molar-refractivity contribution is -0.0387. The number of nitrogens with zero attached hydrogens (tertiary/aromatic N) is 1. The molecule has 0 radical (unpaired) electrons. The Bertz CT molecular complexity index is 768. The van der Waals surface area contributed by atoms with E-state index in [2.05, 4.69) is 57.4 Å². The summed E-state index contributed by atoms with van der Waals surface area (Å²) in [7, 11) is -1.38. The lowest BCUT2D eigenvalue weighted by Gasteiger charge is -2.58. The molecule has 0 N–H and O–H groups in total. The summed E-state index contributed by atoms with van der Waals surface area (Å²) in [5.74, 6) is 2.22. The quantitative estimate of drug-likeness (QED) is 0.235. The molecule has 6 heteroatoms. The predicted molar refractivity (Wildman–Crippen MR) is 138 cm³/mol. The van der Waals surface area contributed by atoms with Crippen molar-refractivity contribution in [2.45, 2.75) is 104 Å².